The number of carbonyl (C=O) groups is 1. The van der Waals surface area contributed by atoms with Crippen molar-refractivity contribution in [3.63, 3.8) is 0 Å². The number of hydrogen-bond donors (Lipinski definition) is 2. The van der Waals surface area contributed by atoms with Crippen LogP contribution in [0, 0.1) is 5.92 Å². The van der Waals surface area contributed by atoms with E-state index in [1.807, 2.05) is 12.1 Å². The molecule has 0 heterocycles. The summed E-state index contributed by atoms with van der Waals surface area (Å²) in [5.74, 6) is 0.539. The van der Waals surface area contributed by atoms with Gasteiger partial charge in [0.15, 0.2) is 0 Å². The second kappa shape index (κ2) is 6.38. The third-order valence-corrected chi connectivity index (χ3v) is 6.13. The fourth-order valence-electron chi connectivity index (χ4n) is 3.79. The summed E-state index contributed by atoms with van der Waals surface area (Å²) in [6.07, 6.45) is 6.10. The molecule has 22 heavy (non-hydrogen) atoms. The summed E-state index contributed by atoms with van der Waals surface area (Å²) in [5, 5.41) is 4.30. The standard InChI is InChI=1S/C17H22Cl2N2O/c18-13-6-5-12(9-14(13)19)17(7-2-8-17)16(22)21-15-4-1-3-11(15)10-20/h5-6,9,11,15H,1-4,7-8,10,20H2,(H,21,22). The molecule has 2 unspecified atom stereocenters. The van der Waals surface area contributed by atoms with Crippen LogP contribution in [0.4, 0.5) is 0 Å². The summed E-state index contributed by atoms with van der Waals surface area (Å²) in [5.41, 5.74) is 6.36. The smallest absolute Gasteiger partial charge is 0.230 e. The number of hydrogen-bond acceptors (Lipinski definition) is 2. The van der Waals surface area contributed by atoms with E-state index in [0.717, 1.165) is 44.1 Å². The molecule has 0 radical (unpaired) electrons. The van der Waals surface area contributed by atoms with Crippen molar-refractivity contribution >= 4 is 29.1 Å². The molecule has 0 bridgehead atoms. The monoisotopic (exact) mass is 340 g/mol. The van der Waals surface area contributed by atoms with Gasteiger partial charge in [-0.1, -0.05) is 42.1 Å². The normalized spacial score (nSPS) is 26.5. The number of rotatable bonds is 4. The van der Waals surface area contributed by atoms with Crippen molar-refractivity contribution in [3.05, 3.63) is 33.8 Å². The third-order valence-electron chi connectivity index (χ3n) is 5.39. The van der Waals surface area contributed by atoms with Gasteiger partial charge in [-0.15, -0.1) is 0 Å². The lowest BCUT2D eigenvalue weighted by atomic mass is 9.63. The molecule has 120 valence electrons. The van der Waals surface area contributed by atoms with Gasteiger partial charge in [-0.25, -0.2) is 0 Å². The van der Waals surface area contributed by atoms with E-state index >= 15 is 0 Å². The van der Waals surface area contributed by atoms with E-state index in [9.17, 15) is 4.79 Å². The molecule has 3 N–H and O–H groups in total. The van der Waals surface area contributed by atoms with Gasteiger partial charge in [0.25, 0.3) is 0 Å². The Hall–Kier alpha value is -0.770. The molecule has 2 aliphatic carbocycles. The van der Waals surface area contributed by atoms with Crippen molar-refractivity contribution in [1.29, 1.82) is 0 Å². The maximum Gasteiger partial charge on any atom is 0.230 e. The Kier molecular flexibility index (Phi) is 4.67. The van der Waals surface area contributed by atoms with Gasteiger partial charge in [0.1, 0.15) is 0 Å². The highest BCUT2D eigenvalue weighted by molar-refractivity contribution is 6.42. The Balaban J connectivity index is 1.80. The quantitative estimate of drug-likeness (QED) is 0.878. The van der Waals surface area contributed by atoms with Crippen LogP contribution in [-0.2, 0) is 10.2 Å². The Bertz CT molecular complexity index is 572. The minimum atomic E-state index is -0.435. The first kappa shape index (κ1) is 16.1. The van der Waals surface area contributed by atoms with Crippen LogP contribution in [-0.4, -0.2) is 18.5 Å². The first-order valence-electron chi connectivity index (χ1n) is 8.03. The molecule has 1 amide bonds. The van der Waals surface area contributed by atoms with Crippen LogP contribution >= 0.6 is 23.2 Å². The lowest BCUT2D eigenvalue weighted by Crippen LogP contribution is -2.53. The summed E-state index contributed by atoms with van der Waals surface area (Å²) >= 11 is 12.1. The molecule has 0 aliphatic heterocycles. The number of amides is 1. The predicted octanol–water partition coefficient (Wildman–Crippen LogP) is 3.66. The maximum atomic E-state index is 12.9. The Morgan fingerprint density at radius 3 is 2.59 bits per heavy atom. The zero-order valence-electron chi connectivity index (χ0n) is 12.6. The number of carbonyl (C=O) groups excluding carboxylic acids is 1. The predicted molar refractivity (Wildman–Crippen MR) is 90.3 cm³/mol. The van der Waals surface area contributed by atoms with Crippen LogP contribution in [0.2, 0.25) is 10.0 Å². The lowest BCUT2D eigenvalue weighted by Gasteiger charge is -2.42. The number of benzene rings is 1. The van der Waals surface area contributed by atoms with Crippen LogP contribution in [0.5, 0.6) is 0 Å². The summed E-state index contributed by atoms with van der Waals surface area (Å²) in [7, 11) is 0. The minimum absolute atomic E-state index is 0.127. The van der Waals surface area contributed by atoms with E-state index in [1.165, 1.54) is 0 Å². The van der Waals surface area contributed by atoms with Gasteiger partial charge in [-0.05, 0) is 55.8 Å². The molecular weight excluding hydrogens is 319 g/mol. The fourth-order valence-corrected chi connectivity index (χ4v) is 4.08. The molecule has 2 atom stereocenters. The van der Waals surface area contributed by atoms with E-state index < -0.39 is 5.41 Å². The van der Waals surface area contributed by atoms with Crippen LogP contribution in [0.3, 0.4) is 0 Å². The van der Waals surface area contributed by atoms with Crippen LogP contribution in [0.15, 0.2) is 18.2 Å². The van der Waals surface area contributed by atoms with E-state index in [0.29, 0.717) is 22.5 Å². The average molecular weight is 341 g/mol. The second-order valence-corrected chi connectivity index (χ2v) is 7.39. The van der Waals surface area contributed by atoms with Crippen molar-refractivity contribution in [1.82, 2.24) is 5.32 Å². The number of nitrogens with one attached hydrogen (secondary N) is 1. The third kappa shape index (κ3) is 2.75. The average Bonchev–Trinajstić information content (AvgIpc) is 2.88. The molecule has 1 aromatic rings. The largest absolute Gasteiger partial charge is 0.352 e. The van der Waals surface area contributed by atoms with Gasteiger partial charge in [0.05, 0.1) is 15.5 Å². The Morgan fingerprint density at radius 2 is 2.00 bits per heavy atom. The summed E-state index contributed by atoms with van der Waals surface area (Å²) in [6.45, 7) is 0.644. The summed E-state index contributed by atoms with van der Waals surface area (Å²) in [6, 6.07) is 5.78. The molecule has 0 aromatic heterocycles. The molecule has 3 nitrogen and oxygen atoms in total. The van der Waals surface area contributed by atoms with E-state index in [2.05, 4.69) is 5.32 Å². The topological polar surface area (TPSA) is 55.1 Å². The minimum Gasteiger partial charge on any atom is -0.352 e. The van der Waals surface area contributed by atoms with Crippen molar-refractivity contribution in [2.45, 2.75) is 50.0 Å². The Labute approximate surface area is 141 Å². The molecule has 5 heteroatoms. The fraction of sp³-hybridized carbons (Fsp3) is 0.588. The van der Waals surface area contributed by atoms with Crippen molar-refractivity contribution < 1.29 is 4.79 Å². The van der Waals surface area contributed by atoms with E-state index in [4.69, 9.17) is 28.9 Å². The van der Waals surface area contributed by atoms with Gasteiger partial charge in [-0.2, -0.15) is 0 Å². The molecule has 0 saturated heterocycles. The van der Waals surface area contributed by atoms with Crippen molar-refractivity contribution in [3.8, 4) is 0 Å². The van der Waals surface area contributed by atoms with Gasteiger partial charge >= 0.3 is 0 Å². The number of halogens is 2. The van der Waals surface area contributed by atoms with Crippen LogP contribution < -0.4 is 11.1 Å². The van der Waals surface area contributed by atoms with E-state index in [-0.39, 0.29) is 11.9 Å². The zero-order valence-corrected chi connectivity index (χ0v) is 14.1. The lowest BCUT2D eigenvalue weighted by molar-refractivity contribution is -0.130. The van der Waals surface area contributed by atoms with Gasteiger partial charge in [-0.3, -0.25) is 4.79 Å². The van der Waals surface area contributed by atoms with Crippen LogP contribution in [0.1, 0.15) is 44.1 Å². The second-order valence-electron chi connectivity index (χ2n) is 6.57. The highest BCUT2D eigenvalue weighted by atomic mass is 35.5. The highest BCUT2D eigenvalue weighted by Gasteiger charge is 2.47. The summed E-state index contributed by atoms with van der Waals surface area (Å²) in [4.78, 5) is 12.9. The maximum absolute atomic E-state index is 12.9. The highest BCUT2D eigenvalue weighted by Crippen LogP contribution is 2.45. The molecule has 2 saturated carbocycles. The van der Waals surface area contributed by atoms with Gasteiger partial charge < -0.3 is 11.1 Å². The zero-order chi connectivity index (χ0) is 15.7. The van der Waals surface area contributed by atoms with Gasteiger partial charge in [0.2, 0.25) is 5.91 Å². The molecule has 1 aromatic carbocycles. The first-order chi connectivity index (χ1) is 10.6. The SMILES string of the molecule is NCC1CCCC1NC(=O)C1(c2ccc(Cl)c(Cl)c2)CCC1. The number of nitrogens with two attached hydrogens (primary N) is 1. The first-order valence-corrected chi connectivity index (χ1v) is 8.79. The Morgan fingerprint density at radius 1 is 1.23 bits per heavy atom. The summed E-state index contributed by atoms with van der Waals surface area (Å²) < 4.78 is 0. The molecule has 3 rings (SSSR count). The van der Waals surface area contributed by atoms with Crippen molar-refractivity contribution in [2.24, 2.45) is 11.7 Å². The molecular formula is C17H22Cl2N2O. The van der Waals surface area contributed by atoms with E-state index in [1.54, 1.807) is 6.07 Å². The van der Waals surface area contributed by atoms with Crippen LogP contribution in [0.25, 0.3) is 0 Å². The molecule has 0 spiro atoms. The molecule has 2 fully saturated rings. The molecule has 2 aliphatic rings. The van der Waals surface area contributed by atoms with Gasteiger partial charge in [0, 0.05) is 6.04 Å². The van der Waals surface area contributed by atoms with Crippen molar-refractivity contribution in [2.75, 3.05) is 6.54 Å².